The Balaban J connectivity index is 0.00000338. The highest BCUT2D eigenvalue weighted by Crippen LogP contribution is 2.15. The molecule has 26 heavy (non-hydrogen) atoms. The molecule has 0 aromatic carbocycles. The van der Waals surface area contributed by atoms with Gasteiger partial charge in [-0.25, -0.2) is 9.97 Å². The van der Waals surface area contributed by atoms with Crippen LogP contribution in [-0.2, 0) is 13.1 Å². The number of pyridine rings is 1. The number of aromatic nitrogens is 2. The zero-order valence-electron chi connectivity index (χ0n) is 15.9. The number of aryl methyl sites for hydroxylation is 1. The summed E-state index contributed by atoms with van der Waals surface area (Å²) in [5.74, 6) is 1.51. The minimum absolute atomic E-state index is 0. The van der Waals surface area contributed by atoms with Gasteiger partial charge >= 0.3 is 0 Å². The van der Waals surface area contributed by atoms with Crippen LogP contribution in [0.4, 0.5) is 0 Å². The average molecular weight is 489 g/mol. The minimum Gasteiger partial charge on any atom is -0.477 e. The third-order valence-corrected chi connectivity index (χ3v) is 4.49. The molecule has 0 spiro atoms. The Morgan fingerprint density at radius 2 is 2.23 bits per heavy atom. The van der Waals surface area contributed by atoms with Gasteiger partial charge in [0.25, 0.3) is 0 Å². The Morgan fingerprint density at radius 1 is 1.42 bits per heavy atom. The highest BCUT2D eigenvalue weighted by atomic mass is 127. The molecular formula is C18H28IN5OS. The van der Waals surface area contributed by atoms with Crippen molar-refractivity contribution in [3.63, 3.8) is 0 Å². The molecule has 2 heterocycles. The molecule has 0 aliphatic rings. The van der Waals surface area contributed by atoms with Crippen LogP contribution in [0.25, 0.3) is 0 Å². The number of unbranched alkanes of at least 4 members (excludes halogenated alkanes) is 1. The van der Waals surface area contributed by atoms with Crippen LogP contribution in [0.5, 0.6) is 5.88 Å². The summed E-state index contributed by atoms with van der Waals surface area (Å²) >= 11 is 1.66. The number of hydrogen-bond acceptors (Lipinski definition) is 5. The van der Waals surface area contributed by atoms with Gasteiger partial charge in [-0.05, 0) is 19.4 Å². The molecule has 144 valence electrons. The number of hydrogen-bond donors (Lipinski definition) is 1. The minimum atomic E-state index is 0. The summed E-state index contributed by atoms with van der Waals surface area (Å²) in [5.41, 5.74) is 2.08. The van der Waals surface area contributed by atoms with Gasteiger partial charge in [0.2, 0.25) is 5.88 Å². The molecule has 0 atom stereocenters. The van der Waals surface area contributed by atoms with E-state index in [1.807, 2.05) is 26.1 Å². The quantitative estimate of drug-likeness (QED) is 0.264. The fourth-order valence-corrected chi connectivity index (χ4v) is 2.96. The molecule has 0 fully saturated rings. The van der Waals surface area contributed by atoms with E-state index in [-0.39, 0.29) is 24.0 Å². The summed E-state index contributed by atoms with van der Waals surface area (Å²) in [7, 11) is 3.79. The molecule has 0 amide bonds. The van der Waals surface area contributed by atoms with Crippen molar-refractivity contribution in [2.45, 2.75) is 39.8 Å². The molecule has 8 heteroatoms. The van der Waals surface area contributed by atoms with E-state index in [1.165, 1.54) is 0 Å². The van der Waals surface area contributed by atoms with Crippen molar-refractivity contribution in [1.82, 2.24) is 20.2 Å². The van der Waals surface area contributed by atoms with E-state index in [2.05, 4.69) is 37.5 Å². The first kappa shape index (κ1) is 22.6. The maximum Gasteiger partial charge on any atom is 0.218 e. The van der Waals surface area contributed by atoms with Gasteiger partial charge in [0.15, 0.2) is 5.96 Å². The molecule has 0 saturated heterocycles. The lowest BCUT2D eigenvalue weighted by Gasteiger charge is -2.21. The molecule has 0 aliphatic heterocycles. The second kappa shape index (κ2) is 12.1. The Bertz CT molecular complexity index is 692. The van der Waals surface area contributed by atoms with Crippen LogP contribution in [0.1, 0.15) is 36.0 Å². The summed E-state index contributed by atoms with van der Waals surface area (Å²) in [6, 6.07) is 3.95. The summed E-state index contributed by atoms with van der Waals surface area (Å²) in [6.07, 6.45) is 3.89. The number of nitrogens with zero attached hydrogens (tertiary/aromatic N) is 4. The fourth-order valence-electron chi connectivity index (χ4n) is 2.36. The largest absolute Gasteiger partial charge is 0.477 e. The molecule has 0 bridgehead atoms. The van der Waals surface area contributed by atoms with Crippen molar-refractivity contribution >= 4 is 41.3 Å². The normalized spacial score (nSPS) is 11.0. The number of rotatable bonds is 8. The van der Waals surface area contributed by atoms with Gasteiger partial charge < -0.3 is 15.0 Å². The number of thiazole rings is 1. The van der Waals surface area contributed by atoms with E-state index in [0.717, 1.165) is 41.6 Å². The lowest BCUT2D eigenvalue weighted by Crippen LogP contribution is -2.38. The highest BCUT2D eigenvalue weighted by Gasteiger charge is 2.10. The van der Waals surface area contributed by atoms with Crippen molar-refractivity contribution in [2.24, 2.45) is 4.99 Å². The van der Waals surface area contributed by atoms with Gasteiger partial charge in [-0.1, -0.05) is 19.4 Å². The van der Waals surface area contributed by atoms with Crippen molar-refractivity contribution in [3.05, 3.63) is 40.0 Å². The molecule has 0 saturated carbocycles. The van der Waals surface area contributed by atoms with Gasteiger partial charge in [0.1, 0.15) is 0 Å². The van der Waals surface area contributed by atoms with E-state index < -0.39 is 0 Å². The van der Waals surface area contributed by atoms with Crippen LogP contribution in [0.3, 0.4) is 0 Å². The standard InChI is InChI=1S/C18H27N5OS.HI/c1-5-6-10-24-17-15(8-7-9-20-17)11-21-18(19-3)23(4)12-16-13-25-14(2)22-16;/h7-9,13H,5-6,10-12H2,1-4H3,(H,19,21);1H. The second-order valence-electron chi connectivity index (χ2n) is 5.78. The fraction of sp³-hybridized carbons (Fsp3) is 0.500. The first-order chi connectivity index (χ1) is 12.1. The van der Waals surface area contributed by atoms with Crippen molar-refractivity contribution < 1.29 is 4.74 Å². The molecule has 2 rings (SSSR count). The van der Waals surface area contributed by atoms with Crippen LogP contribution in [0.15, 0.2) is 28.7 Å². The summed E-state index contributed by atoms with van der Waals surface area (Å²) in [4.78, 5) is 15.3. The first-order valence-corrected chi connectivity index (χ1v) is 9.41. The summed E-state index contributed by atoms with van der Waals surface area (Å²) in [5, 5.41) is 6.54. The predicted molar refractivity (Wildman–Crippen MR) is 119 cm³/mol. The van der Waals surface area contributed by atoms with E-state index in [4.69, 9.17) is 4.74 Å². The number of nitrogens with one attached hydrogen (secondary N) is 1. The van der Waals surface area contributed by atoms with Crippen LogP contribution >= 0.6 is 35.3 Å². The van der Waals surface area contributed by atoms with E-state index in [1.54, 1.807) is 24.6 Å². The van der Waals surface area contributed by atoms with Crippen molar-refractivity contribution in [2.75, 3.05) is 20.7 Å². The van der Waals surface area contributed by atoms with Crippen molar-refractivity contribution in [3.8, 4) is 5.88 Å². The van der Waals surface area contributed by atoms with Gasteiger partial charge in [-0.3, -0.25) is 4.99 Å². The number of ether oxygens (including phenoxy) is 1. The maximum absolute atomic E-state index is 5.79. The van der Waals surface area contributed by atoms with Gasteiger partial charge in [0, 0.05) is 37.8 Å². The molecule has 0 aliphatic carbocycles. The highest BCUT2D eigenvalue weighted by molar-refractivity contribution is 14.0. The number of guanidine groups is 1. The van der Waals surface area contributed by atoms with Crippen LogP contribution < -0.4 is 10.1 Å². The first-order valence-electron chi connectivity index (χ1n) is 8.53. The zero-order valence-corrected chi connectivity index (χ0v) is 19.0. The van der Waals surface area contributed by atoms with Crippen molar-refractivity contribution in [1.29, 1.82) is 0 Å². The molecule has 0 radical (unpaired) electrons. The van der Waals surface area contributed by atoms with Crippen LogP contribution in [0.2, 0.25) is 0 Å². The Kier molecular flexibility index (Phi) is 10.5. The zero-order chi connectivity index (χ0) is 18.1. The number of halogens is 1. The third-order valence-electron chi connectivity index (χ3n) is 3.66. The molecule has 6 nitrogen and oxygen atoms in total. The van der Waals surface area contributed by atoms with Crippen LogP contribution in [-0.4, -0.2) is 41.5 Å². The van der Waals surface area contributed by atoms with Gasteiger partial charge in [-0.2, -0.15) is 0 Å². The molecule has 0 unspecified atom stereocenters. The molecular weight excluding hydrogens is 461 g/mol. The maximum atomic E-state index is 5.79. The topological polar surface area (TPSA) is 62.6 Å². The van der Waals surface area contributed by atoms with Crippen LogP contribution in [0, 0.1) is 6.92 Å². The van der Waals surface area contributed by atoms with E-state index >= 15 is 0 Å². The van der Waals surface area contributed by atoms with E-state index in [0.29, 0.717) is 19.0 Å². The summed E-state index contributed by atoms with van der Waals surface area (Å²) < 4.78 is 5.79. The predicted octanol–water partition coefficient (Wildman–Crippen LogP) is 3.85. The molecule has 2 aromatic rings. The van der Waals surface area contributed by atoms with Gasteiger partial charge in [0.05, 0.1) is 23.9 Å². The Hall–Kier alpha value is -1.42. The van der Waals surface area contributed by atoms with Gasteiger partial charge in [-0.15, -0.1) is 35.3 Å². The third kappa shape index (κ3) is 7.06. The molecule has 1 N–H and O–H groups in total. The Morgan fingerprint density at radius 3 is 2.88 bits per heavy atom. The summed E-state index contributed by atoms with van der Waals surface area (Å²) in [6.45, 7) is 6.19. The lowest BCUT2D eigenvalue weighted by molar-refractivity contribution is 0.294. The lowest BCUT2D eigenvalue weighted by atomic mass is 10.2. The SMILES string of the molecule is CCCCOc1ncccc1CNC(=NC)N(C)Cc1csc(C)n1.I. The molecule has 2 aromatic heterocycles. The average Bonchev–Trinajstić information content (AvgIpc) is 3.01. The van der Waals surface area contributed by atoms with E-state index in [9.17, 15) is 0 Å². The second-order valence-corrected chi connectivity index (χ2v) is 6.85. The number of aliphatic imine (C=N–C) groups is 1. The Labute approximate surface area is 177 Å². The smallest absolute Gasteiger partial charge is 0.218 e. The monoisotopic (exact) mass is 489 g/mol.